The number of amides is 2. The van der Waals surface area contributed by atoms with Crippen molar-refractivity contribution < 1.29 is 19.1 Å². The molecule has 126 valence electrons. The van der Waals surface area contributed by atoms with E-state index in [1.165, 1.54) is 7.11 Å². The van der Waals surface area contributed by atoms with Crippen LogP contribution < -0.4 is 4.74 Å². The standard InChI is InChI=1S/C16H21ClN2O4/c1-22-14-5-4-12(10-13(14)17)11-15(20)18-6-3-7-19(9-8-18)16(21)23-2/h4-5,10H,3,6-9,11H2,1-2H3. The SMILES string of the molecule is COC(=O)N1CCCN(C(=O)Cc2ccc(OC)c(Cl)c2)CC1. The van der Waals surface area contributed by atoms with Crippen molar-refractivity contribution in [3.05, 3.63) is 28.8 Å². The summed E-state index contributed by atoms with van der Waals surface area (Å²) in [5.41, 5.74) is 0.842. The monoisotopic (exact) mass is 340 g/mol. The number of hydrogen-bond acceptors (Lipinski definition) is 4. The number of carbonyl (C=O) groups excluding carboxylic acids is 2. The number of hydrogen-bond donors (Lipinski definition) is 0. The van der Waals surface area contributed by atoms with E-state index in [-0.39, 0.29) is 18.4 Å². The minimum atomic E-state index is -0.346. The normalized spacial score (nSPS) is 15.1. The number of rotatable bonds is 3. The summed E-state index contributed by atoms with van der Waals surface area (Å²) in [6.45, 7) is 2.24. The molecule has 2 rings (SSSR count). The lowest BCUT2D eigenvalue weighted by Gasteiger charge is -2.21. The van der Waals surface area contributed by atoms with Gasteiger partial charge in [-0.2, -0.15) is 0 Å². The molecule has 1 saturated heterocycles. The first-order valence-electron chi connectivity index (χ1n) is 7.48. The molecule has 0 atom stereocenters. The first-order chi connectivity index (χ1) is 11.0. The number of ether oxygens (including phenoxy) is 2. The molecule has 1 aromatic rings. The topological polar surface area (TPSA) is 59.1 Å². The van der Waals surface area contributed by atoms with Crippen LogP contribution >= 0.6 is 11.6 Å². The fraction of sp³-hybridized carbons (Fsp3) is 0.500. The Morgan fingerprint density at radius 1 is 1.13 bits per heavy atom. The van der Waals surface area contributed by atoms with E-state index in [4.69, 9.17) is 21.1 Å². The van der Waals surface area contributed by atoms with Crippen LogP contribution in [0.4, 0.5) is 4.79 Å². The van der Waals surface area contributed by atoms with Crippen LogP contribution in [0.25, 0.3) is 0 Å². The zero-order valence-corrected chi connectivity index (χ0v) is 14.1. The van der Waals surface area contributed by atoms with Crippen molar-refractivity contribution in [3.63, 3.8) is 0 Å². The summed E-state index contributed by atoms with van der Waals surface area (Å²) >= 11 is 6.09. The number of carbonyl (C=O) groups is 2. The molecule has 0 radical (unpaired) electrons. The highest BCUT2D eigenvalue weighted by atomic mass is 35.5. The fourth-order valence-corrected chi connectivity index (χ4v) is 2.87. The maximum atomic E-state index is 12.4. The van der Waals surface area contributed by atoms with Crippen LogP contribution in [-0.4, -0.2) is 62.2 Å². The zero-order chi connectivity index (χ0) is 16.8. The molecule has 0 unspecified atom stereocenters. The molecule has 1 aliphatic rings. The Kier molecular flexibility index (Phi) is 6.10. The van der Waals surface area contributed by atoms with Crippen molar-refractivity contribution in [2.75, 3.05) is 40.4 Å². The largest absolute Gasteiger partial charge is 0.495 e. The van der Waals surface area contributed by atoms with Gasteiger partial charge in [-0.15, -0.1) is 0 Å². The molecule has 6 nitrogen and oxygen atoms in total. The third-order valence-corrected chi connectivity index (χ3v) is 4.15. The van der Waals surface area contributed by atoms with Crippen LogP contribution in [0.5, 0.6) is 5.75 Å². The second kappa shape index (κ2) is 8.06. The predicted molar refractivity (Wildman–Crippen MR) is 86.9 cm³/mol. The molecule has 1 aliphatic heterocycles. The van der Waals surface area contributed by atoms with Crippen molar-refractivity contribution in [1.82, 2.24) is 9.80 Å². The maximum Gasteiger partial charge on any atom is 0.409 e. The third-order valence-electron chi connectivity index (χ3n) is 3.85. The van der Waals surface area contributed by atoms with Gasteiger partial charge in [-0.3, -0.25) is 4.79 Å². The highest BCUT2D eigenvalue weighted by molar-refractivity contribution is 6.32. The average Bonchev–Trinajstić information content (AvgIpc) is 2.80. The lowest BCUT2D eigenvalue weighted by molar-refractivity contribution is -0.130. The first kappa shape index (κ1) is 17.4. The van der Waals surface area contributed by atoms with Gasteiger partial charge in [-0.05, 0) is 24.1 Å². The smallest absolute Gasteiger partial charge is 0.409 e. The molecule has 0 saturated carbocycles. The number of methoxy groups -OCH3 is 2. The Labute approximate surface area is 140 Å². The molecule has 0 spiro atoms. The molecule has 1 fully saturated rings. The lowest BCUT2D eigenvalue weighted by atomic mass is 10.1. The van der Waals surface area contributed by atoms with Crippen molar-refractivity contribution in [1.29, 1.82) is 0 Å². The van der Waals surface area contributed by atoms with E-state index in [0.717, 1.165) is 12.0 Å². The number of halogens is 1. The minimum absolute atomic E-state index is 0.0259. The second-order valence-electron chi connectivity index (χ2n) is 5.34. The van der Waals surface area contributed by atoms with E-state index in [1.807, 2.05) is 6.07 Å². The molecular formula is C16H21ClN2O4. The van der Waals surface area contributed by atoms with Crippen LogP contribution in [-0.2, 0) is 16.0 Å². The van der Waals surface area contributed by atoms with Gasteiger partial charge in [0.1, 0.15) is 5.75 Å². The molecule has 0 bridgehead atoms. The summed E-state index contributed by atoms with van der Waals surface area (Å²) in [5.74, 6) is 0.615. The van der Waals surface area contributed by atoms with Crippen LogP contribution in [0.3, 0.4) is 0 Å². The summed E-state index contributed by atoms with van der Waals surface area (Å²) in [6.07, 6.45) is 0.674. The van der Waals surface area contributed by atoms with E-state index < -0.39 is 0 Å². The first-order valence-corrected chi connectivity index (χ1v) is 7.86. The molecule has 1 heterocycles. The van der Waals surface area contributed by atoms with E-state index in [9.17, 15) is 9.59 Å². The van der Waals surface area contributed by atoms with E-state index in [1.54, 1.807) is 29.0 Å². The van der Waals surface area contributed by atoms with Gasteiger partial charge in [0, 0.05) is 26.2 Å². The zero-order valence-electron chi connectivity index (χ0n) is 13.4. The van der Waals surface area contributed by atoms with E-state index in [0.29, 0.717) is 37.0 Å². The van der Waals surface area contributed by atoms with Gasteiger partial charge in [0.05, 0.1) is 25.7 Å². The Hall–Kier alpha value is -1.95. The van der Waals surface area contributed by atoms with E-state index >= 15 is 0 Å². The molecule has 0 aromatic heterocycles. The molecule has 1 aromatic carbocycles. The summed E-state index contributed by atoms with van der Waals surface area (Å²) in [4.78, 5) is 27.4. The van der Waals surface area contributed by atoms with Gasteiger partial charge >= 0.3 is 6.09 Å². The Balaban J connectivity index is 1.95. The van der Waals surface area contributed by atoms with Crippen LogP contribution in [0.15, 0.2) is 18.2 Å². The van der Waals surface area contributed by atoms with Gasteiger partial charge in [0.15, 0.2) is 0 Å². The maximum absolute atomic E-state index is 12.4. The number of benzene rings is 1. The molecule has 2 amide bonds. The van der Waals surface area contributed by atoms with Crippen LogP contribution in [0.1, 0.15) is 12.0 Å². The molecule has 0 aliphatic carbocycles. The Morgan fingerprint density at radius 2 is 1.83 bits per heavy atom. The van der Waals surface area contributed by atoms with Gasteiger partial charge in [0.25, 0.3) is 0 Å². The summed E-state index contributed by atoms with van der Waals surface area (Å²) < 4.78 is 9.83. The van der Waals surface area contributed by atoms with Gasteiger partial charge in [-0.1, -0.05) is 17.7 Å². The number of nitrogens with zero attached hydrogens (tertiary/aromatic N) is 2. The predicted octanol–water partition coefficient (Wildman–Crippen LogP) is 2.19. The third kappa shape index (κ3) is 4.51. The van der Waals surface area contributed by atoms with Crippen LogP contribution in [0, 0.1) is 0 Å². The Morgan fingerprint density at radius 3 is 2.48 bits per heavy atom. The van der Waals surface area contributed by atoms with Crippen molar-refractivity contribution >= 4 is 23.6 Å². The molecular weight excluding hydrogens is 320 g/mol. The van der Waals surface area contributed by atoms with Crippen molar-refractivity contribution in [3.8, 4) is 5.75 Å². The molecule has 7 heteroatoms. The summed E-state index contributed by atoms with van der Waals surface area (Å²) in [6, 6.07) is 5.34. The van der Waals surface area contributed by atoms with Crippen LogP contribution in [0.2, 0.25) is 5.02 Å². The van der Waals surface area contributed by atoms with E-state index in [2.05, 4.69) is 0 Å². The average molecular weight is 341 g/mol. The summed E-state index contributed by atoms with van der Waals surface area (Å²) in [7, 11) is 2.92. The van der Waals surface area contributed by atoms with Gasteiger partial charge in [-0.25, -0.2) is 4.79 Å². The molecule has 0 N–H and O–H groups in total. The highest BCUT2D eigenvalue weighted by Crippen LogP contribution is 2.25. The summed E-state index contributed by atoms with van der Waals surface area (Å²) in [5, 5.41) is 0.491. The fourth-order valence-electron chi connectivity index (χ4n) is 2.58. The quantitative estimate of drug-likeness (QED) is 0.846. The molecule has 23 heavy (non-hydrogen) atoms. The second-order valence-corrected chi connectivity index (χ2v) is 5.74. The van der Waals surface area contributed by atoms with Crippen molar-refractivity contribution in [2.45, 2.75) is 12.8 Å². The Bertz CT molecular complexity index is 579. The lowest BCUT2D eigenvalue weighted by Crippen LogP contribution is -2.37. The van der Waals surface area contributed by atoms with Crippen molar-refractivity contribution in [2.24, 2.45) is 0 Å². The minimum Gasteiger partial charge on any atom is -0.495 e. The van der Waals surface area contributed by atoms with Gasteiger partial charge < -0.3 is 19.3 Å². The highest BCUT2D eigenvalue weighted by Gasteiger charge is 2.22. The van der Waals surface area contributed by atoms with Gasteiger partial charge in [0.2, 0.25) is 5.91 Å².